The number of ether oxygens (including phenoxy) is 1. The van der Waals surface area contributed by atoms with Gasteiger partial charge in [0.2, 0.25) is 0 Å². The van der Waals surface area contributed by atoms with Gasteiger partial charge < -0.3 is 10.1 Å². The summed E-state index contributed by atoms with van der Waals surface area (Å²) in [5, 5.41) is 10.9. The molecule has 1 saturated carbocycles. The van der Waals surface area contributed by atoms with Crippen LogP contribution in [0, 0.1) is 23.7 Å². The van der Waals surface area contributed by atoms with E-state index in [1.807, 2.05) is 0 Å². The number of carbonyl (C=O) groups excluding carboxylic acids is 2. The van der Waals surface area contributed by atoms with Crippen LogP contribution in [0.1, 0.15) is 63.4 Å². The Kier molecular flexibility index (Phi) is 8.41. The van der Waals surface area contributed by atoms with E-state index in [0.29, 0.717) is 25.0 Å². The van der Waals surface area contributed by atoms with Gasteiger partial charge in [0.1, 0.15) is 6.54 Å². The zero-order valence-corrected chi connectivity index (χ0v) is 17.1. The lowest BCUT2D eigenvalue weighted by Crippen LogP contribution is -2.27. The molecule has 0 radical (unpaired) electrons. The summed E-state index contributed by atoms with van der Waals surface area (Å²) in [5.41, 5.74) is 0.227. The highest BCUT2D eigenvalue weighted by molar-refractivity contribution is 5.91. The second-order valence-electron chi connectivity index (χ2n) is 8.19. The highest BCUT2D eigenvalue weighted by atomic mass is 16.5. The summed E-state index contributed by atoms with van der Waals surface area (Å²) in [7, 11) is 1.58. The molecule has 1 amide bonds. The van der Waals surface area contributed by atoms with Crippen LogP contribution in [0.15, 0.2) is 6.20 Å². The van der Waals surface area contributed by atoms with Gasteiger partial charge in [-0.2, -0.15) is 9.90 Å². The van der Waals surface area contributed by atoms with Crippen molar-refractivity contribution in [2.45, 2.75) is 59.4 Å². The standard InChI is InChI=1S/C20H34N4O3/c1-14(2)5-6-15(3)16-7-8-17(11-16)19(25)13-24-22-12-18(23-24)20(26)21-9-10-27-4/h12,14-17H,5-11,13H2,1-4H3,(H,21,26)/t15-,16+,17-/m0/s1. The first-order valence-corrected chi connectivity index (χ1v) is 10.1. The van der Waals surface area contributed by atoms with Gasteiger partial charge in [0.05, 0.1) is 12.8 Å². The number of hydrogen-bond donors (Lipinski definition) is 1. The zero-order valence-electron chi connectivity index (χ0n) is 17.1. The lowest BCUT2D eigenvalue weighted by molar-refractivity contribution is -0.123. The normalized spacial score (nSPS) is 20.8. The molecule has 152 valence electrons. The minimum absolute atomic E-state index is 0.0986. The summed E-state index contributed by atoms with van der Waals surface area (Å²) < 4.78 is 4.89. The number of nitrogens with one attached hydrogen (secondary N) is 1. The number of methoxy groups -OCH3 is 1. The van der Waals surface area contributed by atoms with Crippen LogP contribution in [0.5, 0.6) is 0 Å². The highest BCUT2D eigenvalue weighted by Crippen LogP contribution is 2.38. The largest absolute Gasteiger partial charge is 0.383 e. The van der Waals surface area contributed by atoms with Gasteiger partial charge in [0.25, 0.3) is 5.91 Å². The molecule has 7 nitrogen and oxygen atoms in total. The summed E-state index contributed by atoms with van der Waals surface area (Å²) in [6.07, 6.45) is 6.97. The molecule has 0 aliphatic heterocycles. The molecule has 1 N–H and O–H groups in total. The third kappa shape index (κ3) is 6.72. The molecule has 1 heterocycles. The number of ketones is 1. The van der Waals surface area contributed by atoms with Crippen molar-refractivity contribution in [2.75, 3.05) is 20.3 Å². The van der Waals surface area contributed by atoms with Gasteiger partial charge in [-0.05, 0) is 37.0 Å². The minimum atomic E-state index is -0.300. The van der Waals surface area contributed by atoms with Crippen LogP contribution < -0.4 is 5.32 Å². The van der Waals surface area contributed by atoms with Crippen molar-refractivity contribution >= 4 is 11.7 Å². The first-order chi connectivity index (χ1) is 12.9. The second kappa shape index (κ2) is 10.5. The van der Waals surface area contributed by atoms with Crippen LogP contribution in [-0.2, 0) is 16.1 Å². The Hall–Kier alpha value is -1.76. The molecule has 27 heavy (non-hydrogen) atoms. The molecular weight excluding hydrogens is 344 g/mol. The monoisotopic (exact) mass is 378 g/mol. The summed E-state index contributed by atoms with van der Waals surface area (Å²) in [5.74, 6) is 2.03. The summed E-state index contributed by atoms with van der Waals surface area (Å²) in [6, 6.07) is 0. The topological polar surface area (TPSA) is 86.1 Å². The van der Waals surface area contributed by atoms with E-state index in [1.165, 1.54) is 23.8 Å². The van der Waals surface area contributed by atoms with Crippen LogP contribution in [0.3, 0.4) is 0 Å². The number of Topliss-reactive ketones (excluding diaryl/α,β-unsaturated/α-hetero) is 1. The van der Waals surface area contributed by atoms with Gasteiger partial charge in [-0.25, -0.2) is 0 Å². The molecule has 0 bridgehead atoms. The molecule has 0 spiro atoms. The summed E-state index contributed by atoms with van der Waals surface area (Å²) in [6.45, 7) is 7.84. The predicted molar refractivity (Wildman–Crippen MR) is 103 cm³/mol. The third-order valence-corrected chi connectivity index (χ3v) is 5.59. The van der Waals surface area contributed by atoms with Crippen LogP contribution in [0.4, 0.5) is 0 Å². The van der Waals surface area contributed by atoms with E-state index >= 15 is 0 Å². The quantitative estimate of drug-likeness (QED) is 0.598. The van der Waals surface area contributed by atoms with E-state index in [-0.39, 0.29) is 29.8 Å². The summed E-state index contributed by atoms with van der Waals surface area (Å²) in [4.78, 5) is 25.9. The Labute approximate surface area is 162 Å². The van der Waals surface area contributed by atoms with Gasteiger partial charge in [0.15, 0.2) is 11.5 Å². The first kappa shape index (κ1) is 21.5. The van der Waals surface area contributed by atoms with E-state index in [0.717, 1.165) is 25.2 Å². The lowest BCUT2D eigenvalue weighted by Gasteiger charge is -2.20. The number of rotatable bonds is 11. The molecule has 0 unspecified atom stereocenters. The molecule has 0 aromatic carbocycles. The van der Waals surface area contributed by atoms with Gasteiger partial charge in [0, 0.05) is 19.6 Å². The van der Waals surface area contributed by atoms with E-state index < -0.39 is 0 Å². The fourth-order valence-corrected chi connectivity index (χ4v) is 3.76. The van der Waals surface area contributed by atoms with E-state index in [1.54, 1.807) is 7.11 Å². The molecule has 1 fully saturated rings. The Balaban J connectivity index is 1.80. The smallest absolute Gasteiger partial charge is 0.273 e. The van der Waals surface area contributed by atoms with E-state index in [9.17, 15) is 9.59 Å². The molecule has 1 aromatic rings. The van der Waals surface area contributed by atoms with Crippen molar-refractivity contribution in [1.82, 2.24) is 20.3 Å². The van der Waals surface area contributed by atoms with Gasteiger partial charge in [-0.3, -0.25) is 9.59 Å². The SMILES string of the molecule is COCCNC(=O)c1cnn(CC(=O)[C@H]2CC[C@@H]([C@@H](C)CCC(C)C)C2)n1. The molecular formula is C20H34N4O3. The number of carbonyl (C=O) groups is 2. The molecule has 1 aromatic heterocycles. The number of aromatic nitrogens is 3. The van der Waals surface area contributed by atoms with Crippen molar-refractivity contribution < 1.29 is 14.3 Å². The molecule has 1 aliphatic rings. The Morgan fingerprint density at radius 1 is 1.30 bits per heavy atom. The van der Waals surface area contributed by atoms with Crippen LogP contribution in [-0.4, -0.2) is 46.9 Å². The molecule has 3 atom stereocenters. The number of amides is 1. The average molecular weight is 379 g/mol. The second-order valence-corrected chi connectivity index (χ2v) is 8.19. The van der Waals surface area contributed by atoms with Gasteiger partial charge >= 0.3 is 0 Å². The van der Waals surface area contributed by atoms with Gasteiger partial charge in [-0.1, -0.05) is 33.6 Å². The molecule has 1 aliphatic carbocycles. The minimum Gasteiger partial charge on any atom is -0.383 e. The maximum atomic E-state index is 12.6. The Bertz CT molecular complexity index is 614. The van der Waals surface area contributed by atoms with E-state index in [4.69, 9.17) is 4.74 Å². The Morgan fingerprint density at radius 2 is 2.07 bits per heavy atom. The Morgan fingerprint density at radius 3 is 2.78 bits per heavy atom. The zero-order chi connectivity index (χ0) is 19.8. The maximum absolute atomic E-state index is 12.6. The van der Waals surface area contributed by atoms with Crippen LogP contribution >= 0.6 is 0 Å². The maximum Gasteiger partial charge on any atom is 0.273 e. The van der Waals surface area contributed by atoms with Crippen molar-refractivity contribution in [3.63, 3.8) is 0 Å². The molecule has 7 heteroatoms. The third-order valence-electron chi connectivity index (χ3n) is 5.59. The average Bonchev–Trinajstić information content (AvgIpc) is 3.29. The van der Waals surface area contributed by atoms with Crippen molar-refractivity contribution in [1.29, 1.82) is 0 Å². The van der Waals surface area contributed by atoms with Crippen LogP contribution in [0.2, 0.25) is 0 Å². The number of hydrogen-bond acceptors (Lipinski definition) is 5. The molecule has 2 rings (SSSR count). The number of nitrogens with zero attached hydrogens (tertiary/aromatic N) is 3. The fourth-order valence-electron chi connectivity index (χ4n) is 3.76. The van der Waals surface area contributed by atoms with Crippen molar-refractivity contribution in [3.05, 3.63) is 11.9 Å². The predicted octanol–water partition coefficient (Wildman–Crippen LogP) is 2.71. The fraction of sp³-hybridized carbons (Fsp3) is 0.800. The first-order valence-electron chi connectivity index (χ1n) is 10.1. The van der Waals surface area contributed by atoms with Crippen LogP contribution in [0.25, 0.3) is 0 Å². The van der Waals surface area contributed by atoms with Crippen molar-refractivity contribution in [3.8, 4) is 0 Å². The highest BCUT2D eigenvalue weighted by Gasteiger charge is 2.32. The van der Waals surface area contributed by atoms with Gasteiger partial charge in [-0.15, -0.1) is 5.10 Å². The lowest BCUT2D eigenvalue weighted by atomic mass is 9.86. The van der Waals surface area contributed by atoms with E-state index in [2.05, 4.69) is 36.3 Å². The van der Waals surface area contributed by atoms with Crippen molar-refractivity contribution in [2.24, 2.45) is 23.7 Å². The summed E-state index contributed by atoms with van der Waals surface area (Å²) >= 11 is 0. The molecule has 0 saturated heterocycles.